The summed E-state index contributed by atoms with van der Waals surface area (Å²) in [6.07, 6.45) is 0.453. The van der Waals surface area contributed by atoms with E-state index in [2.05, 4.69) is 24.3 Å². The van der Waals surface area contributed by atoms with Crippen molar-refractivity contribution < 1.29 is 19.4 Å². The fourth-order valence-corrected chi connectivity index (χ4v) is 6.69. The Morgan fingerprint density at radius 3 is 2.34 bits per heavy atom. The number of nitrogens with zero attached hydrogens (tertiary/aromatic N) is 1. The Morgan fingerprint density at radius 1 is 1.10 bits per heavy atom. The van der Waals surface area contributed by atoms with E-state index in [9.17, 15) is 14.7 Å². The second kappa shape index (κ2) is 7.10. The molecule has 0 bridgehead atoms. The summed E-state index contributed by atoms with van der Waals surface area (Å²) >= 11 is 1.78. The second-order valence-corrected chi connectivity index (χ2v) is 9.35. The van der Waals surface area contributed by atoms with Gasteiger partial charge in [0.05, 0.1) is 5.92 Å². The molecule has 29 heavy (non-hydrogen) atoms. The van der Waals surface area contributed by atoms with E-state index in [0.717, 1.165) is 17.9 Å². The standard InChI is InChI=1S/C23H23NO4S/c25-21(26)20-11-24(13-23(20)9-10-29-14-23)22(27)28-12-19-17-7-3-1-5-15(17)16-6-2-4-8-18(16)19/h1-8,19-20H,9-14H2,(H,25,26). The van der Waals surface area contributed by atoms with Crippen molar-refractivity contribution in [3.63, 3.8) is 0 Å². The van der Waals surface area contributed by atoms with Crippen molar-refractivity contribution >= 4 is 23.8 Å². The molecule has 2 atom stereocenters. The minimum absolute atomic E-state index is 0.0141. The Labute approximate surface area is 174 Å². The average Bonchev–Trinajstić information content (AvgIpc) is 3.43. The molecule has 2 aromatic rings. The Morgan fingerprint density at radius 2 is 1.76 bits per heavy atom. The number of likely N-dealkylation sites (tertiary alicyclic amines) is 1. The van der Waals surface area contributed by atoms with Crippen LogP contribution < -0.4 is 0 Å². The van der Waals surface area contributed by atoms with E-state index in [1.165, 1.54) is 22.3 Å². The van der Waals surface area contributed by atoms with Gasteiger partial charge in [-0.3, -0.25) is 4.79 Å². The van der Waals surface area contributed by atoms with E-state index in [1.54, 1.807) is 16.7 Å². The molecule has 1 spiro atoms. The maximum atomic E-state index is 12.8. The van der Waals surface area contributed by atoms with E-state index < -0.39 is 18.0 Å². The molecule has 2 aliphatic heterocycles. The van der Waals surface area contributed by atoms with E-state index in [0.29, 0.717) is 6.54 Å². The summed E-state index contributed by atoms with van der Waals surface area (Å²) in [5, 5.41) is 9.67. The van der Waals surface area contributed by atoms with Crippen LogP contribution in [0.5, 0.6) is 0 Å². The van der Waals surface area contributed by atoms with Gasteiger partial charge >= 0.3 is 12.1 Å². The van der Waals surface area contributed by atoms with Gasteiger partial charge in [0.25, 0.3) is 0 Å². The van der Waals surface area contributed by atoms with Crippen LogP contribution in [0.15, 0.2) is 48.5 Å². The maximum Gasteiger partial charge on any atom is 0.409 e. The molecule has 0 aromatic heterocycles. The summed E-state index contributed by atoms with van der Waals surface area (Å²) in [7, 11) is 0. The fourth-order valence-electron chi connectivity index (χ4n) is 5.16. The molecule has 5 rings (SSSR count). The van der Waals surface area contributed by atoms with E-state index in [-0.39, 0.29) is 24.5 Å². The predicted molar refractivity (Wildman–Crippen MR) is 112 cm³/mol. The molecule has 1 aliphatic carbocycles. The Hall–Kier alpha value is -2.47. The van der Waals surface area contributed by atoms with Crippen LogP contribution in [0.1, 0.15) is 23.5 Å². The fraction of sp³-hybridized carbons (Fsp3) is 0.391. The number of thioether (sulfide) groups is 1. The number of carbonyl (C=O) groups is 2. The summed E-state index contributed by atoms with van der Waals surface area (Å²) in [6, 6.07) is 16.5. The number of carbonyl (C=O) groups excluding carboxylic acids is 1. The van der Waals surface area contributed by atoms with Crippen LogP contribution in [0.3, 0.4) is 0 Å². The zero-order valence-electron chi connectivity index (χ0n) is 16.0. The van der Waals surface area contributed by atoms with Gasteiger partial charge in [-0.1, -0.05) is 48.5 Å². The third kappa shape index (κ3) is 3.01. The van der Waals surface area contributed by atoms with Gasteiger partial charge in [-0.05, 0) is 34.4 Å². The van der Waals surface area contributed by atoms with Gasteiger partial charge in [-0.2, -0.15) is 11.8 Å². The number of fused-ring (bicyclic) bond motifs is 3. The summed E-state index contributed by atoms with van der Waals surface area (Å²) in [4.78, 5) is 26.2. The summed E-state index contributed by atoms with van der Waals surface area (Å²) < 4.78 is 5.74. The molecule has 2 aromatic carbocycles. The highest BCUT2D eigenvalue weighted by Crippen LogP contribution is 2.48. The van der Waals surface area contributed by atoms with Crippen LogP contribution >= 0.6 is 11.8 Å². The Balaban J connectivity index is 1.32. The summed E-state index contributed by atoms with van der Waals surface area (Å²) in [5.41, 5.74) is 4.43. The first kappa shape index (κ1) is 18.6. The molecule has 3 aliphatic rings. The number of hydrogen-bond donors (Lipinski definition) is 1. The van der Waals surface area contributed by atoms with Crippen LogP contribution in [-0.2, 0) is 9.53 Å². The van der Waals surface area contributed by atoms with Crippen LogP contribution in [0.4, 0.5) is 4.79 Å². The first-order valence-electron chi connectivity index (χ1n) is 9.99. The van der Waals surface area contributed by atoms with Gasteiger partial charge in [-0.15, -0.1) is 0 Å². The molecule has 6 heteroatoms. The molecule has 1 amide bonds. The molecule has 0 saturated carbocycles. The van der Waals surface area contributed by atoms with Crippen molar-refractivity contribution in [1.29, 1.82) is 0 Å². The first-order chi connectivity index (χ1) is 14.1. The second-order valence-electron chi connectivity index (χ2n) is 8.24. The van der Waals surface area contributed by atoms with Crippen LogP contribution in [-0.4, -0.2) is 53.3 Å². The van der Waals surface area contributed by atoms with Crippen LogP contribution in [0, 0.1) is 11.3 Å². The molecular weight excluding hydrogens is 386 g/mol. The molecule has 2 saturated heterocycles. The van der Waals surface area contributed by atoms with Crippen LogP contribution in [0.25, 0.3) is 11.1 Å². The highest BCUT2D eigenvalue weighted by Gasteiger charge is 2.53. The number of ether oxygens (including phenoxy) is 1. The van der Waals surface area contributed by atoms with Gasteiger partial charge in [0.2, 0.25) is 0 Å². The lowest BCUT2D eigenvalue weighted by molar-refractivity contribution is -0.144. The van der Waals surface area contributed by atoms with E-state index in [1.807, 2.05) is 24.3 Å². The largest absolute Gasteiger partial charge is 0.481 e. The Kier molecular flexibility index (Phi) is 4.54. The van der Waals surface area contributed by atoms with Gasteiger partial charge in [0.15, 0.2) is 0 Å². The maximum absolute atomic E-state index is 12.8. The van der Waals surface area contributed by atoms with Gasteiger partial charge in [0, 0.05) is 30.2 Å². The molecule has 1 N–H and O–H groups in total. The van der Waals surface area contributed by atoms with Gasteiger partial charge in [-0.25, -0.2) is 4.79 Å². The smallest absolute Gasteiger partial charge is 0.409 e. The minimum atomic E-state index is -0.804. The number of aliphatic carboxylic acids is 1. The van der Waals surface area contributed by atoms with Crippen molar-refractivity contribution in [2.24, 2.45) is 11.3 Å². The predicted octanol–water partition coefficient (Wildman–Crippen LogP) is 4.08. The molecular formula is C23H23NO4S. The normalized spacial score (nSPS) is 25.2. The summed E-state index contributed by atoms with van der Waals surface area (Å²) in [5.74, 6) is 0.471. The van der Waals surface area contributed by atoms with Crippen molar-refractivity contribution in [2.75, 3.05) is 31.2 Å². The van der Waals surface area contributed by atoms with E-state index in [4.69, 9.17) is 4.74 Å². The molecule has 0 radical (unpaired) electrons. The zero-order chi connectivity index (χ0) is 20.0. The molecule has 5 nitrogen and oxygen atoms in total. The van der Waals surface area contributed by atoms with E-state index >= 15 is 0 Å². The topological polar surface area (TPSA) is 66.8 Å². The number of carboxylic acid groups (broad SMARTS) is 1. The minimum Gasteiger partial charge on any atom is -0.481 e. The average molecular weight is 410 g/mol. The summed E-state index contributed by atoms with van der Waals surface area (Å²) in [6.45, 7) is 0.989. The Bertz CT molecular complexity index is 923. The van der Waals surface area contributed by atoms with Crippen molar-refractivity contribution in [1.82, 2.24) is 4.90 Å². The SMILES string of the molecule is O=C(O)C1CN(C(=O)OCC2c3ccccc3-c3ccccc32)CC12CCSC2. The van der Waals surface area contributed by atoms with Gasteiger partial charge < -0.3 is 14.7 Å². The first-order valence-corrected chi connectivity index (χ1v) is 11.1. The van der Waals surface area contributed by atoms with Crippen molar-refractivity contribution in [3.05, 3.63) is 59.7 Å². The number of carboxylic acids is 1. The molecule has 2 heterocycles. The molecule has 2 unspecified atom stereocenters. The monoisotopic (exact) mass is 409 g/mol. The molecule has 150 valence electrons. The third-order valence-electron chi connectivity index (χ3n) is 6.67. The lowest BCUT2D eigenvalue weighted by atomic mass is 9.78. The lowest BCUT2D eigenvalue weighted by Gasteiger charge is -2.26. The number of rotatable bonds is 3. The highest BCUT2D eigenvalue weighted by atomic mass is 32.2. The zero-order valence-corrected chi connectivity index (χ0v) is 16.9. The van der Waals surface area contributed by atoms with Gasteiger partial charge in [0.1, 0.15) is 6.61 Å². The third-order valence-corrected chi connectivity index (χ3v) is 7.95. The van der Waals surface area contributed by atoms with Crippen molar-refractivity contribution in [2.45, 2.75) is 12.3 Å². The number of hydrogen-bond acceptors (Lipinski definition) is 4. The van der Waals surface area contributed by atoms with Crippen molar-refractivity contribution in [3.8, 4) is 11.1 Å². The number of amides is 1. The van der Waals surface area contributed by atoms with Crippen LogP contribution in [0.2, 0.25) is 0 Å². The quantitative estimate of drug-likeness (QED) is 0.828. The highest BCUT2D eigenvalue weighted by molar-refractivity contribution is 7.99. The number of benzene rings is 2. The lowest BCUT2D eigenvalue weighted by Crippen LogP contribution is -2.35. The molecule has 2 fully saturated rings.